The molecule has 4 rings (SSSR count). The molecule has 0 spiro atoms. The van der Waals surface area contributed by atoms with Crippen molar-refractivity contribution in [3.8, 4) is 23.2 Å². The van der Waals surface area contributed by atoms with Gasteiger partial charge in [0.25, 0.3) is 0 Å². The molecule has 35 heavy (non-hydrogen) atoms. The Bertz CT molecular complexity index is 1300. The number of anilines is 1. The average molecular weight is 497 g/mol. The Labute approximate surface area is 195 Å². The summed E-state index contributed by atoms with van der Waals surface area (Å²) in [6, 6.07) is 3.04. The van der Waals surface area contributed by atoms with Crippen LogP contribution < -0.4 is 15.4 Å². The van der Waals surface area contributed by atoms with Crippen LogP contribution in [0.3, 0.4) is 0 Å². The number of rotatable bonds is 5. The van der Waals surface area contributed by atoms with Gasteiger partial charge in [-0.05, 0) is 26.0 Å². The smallest absolute Gasteiger partial charge is 0.422 e. The molecular formula is C21H20F5N7O2. The number of alkyl halides is 4. The number of imidazole rings is 1. The van der Waals surface area contributed by atoms with Crippen LogP contribution in [0, 0.1) is 17.1 Å². The van der Waals surface area contributed by atoms with E-state index in [-0.39, 0.29) is 41.4 Å². The van der Waals surface area contributed by atoms with Crippen molar-refractivity contribution in [1.29, 1.82) is 5.26 Å². The number of nitrogens with zero attached hydrogens (tertiary/aromatic N) is 5. The fourth-order valence-corrected chi connectivity index (χ4v) is 3.69. The lowest BCUT2D eigenvalue weighted by molar-refractivity contribution is -0.261. The van der Waals surface area contributed by atoms with Gasteiger partial charge >= 0.3 is 6.18 Å². The molecule has 0 aromatic carbocycles. The highest BCUT2D eigenvalue weighted by Crippen LogP contribution is 2.41. The Morgan fingerprint density at radius 2 is 2.09 bits per heavy atom. The first-order valence-electron chi connectivity index (χ1n) is 10.4. The Hall–Kier alpha value is -3.57. The van der Waals surface area contributed by atoms with Gasteiger partial charge < -0.3 is 20.5 Å². The van der Waals surface area contributed by atoms with Crippen LogP contribution in [-0.2, 0) is 5.60 Å². The summed E-state index contributed by atoms with van der Waals surface area (Å²) in [5.41, 5.74) is -5.03. The Morgan fingerprint density at radius 3 is 2.71 bits per heavy atom. The third-order valence-corrected chi connectivity index (χ3v) is 5.75. The third kappa shape index (κ3) is 4.32. The van der Waals surface area contributed by atoms with Crippen LogP contribution in [0.4, 0.5) is 27.8 Å². The number of fused-ring (bicyclic) bond motifs is 1. The second-order valence-corrected chi connectivity index (χ2v) is 8.13. The van der Waals surface area contributed by atoms with Gasteiger partial charge in [0, 0.05) is 12.6 Å². The van der Waals surface area contributed by atoms with Gasteiger partial charge in [0.15, 0.2) is 11.5 Å². The van der Waals surface area contributed by atoms with Gasteiger partial charge in [-0.15, -0.1) is 0 Å². The van der Waals surface area contributed by atoms with E-state index < -0.39 is 41.2 Å². The minimum Gasteiger partial charge on any atom is -0.495 e. The van der Waals surface area contributed by atoms with Crippen LogP contribution in [0.5, 0.6) is 5.75 Å². The molecule has 9 nitrogen and oxygen atoms in total. The summed E-state index contributed by atoms with van der Waals surface area (Å²) in [6.07, 6.45) is -4.99. The minimum atomic E-state index is -5.10. The van der Waals surface area contributed by atoms with E-state index in [0.29, 0.717) is 13.5 Å². The number of ether oxygens (including phenoxy) is 1. The molecule has 1 saturated heterocycles. The van der Waals surface area contributed by atoms with E-state index in [9.17, 15) is 32.3 Å². The first-order chi connectivity index (χ1) is 16.5. The summed E-state index contributed by atoms with van der Waals surface area (Å²) in [6.45, 7) is 1.23. The van der Waals surface area contributed by atoms with Crippen LogP contribution in [0.1, 0.15) is 24.6 Å². The van der Waals surface area contributed by atoms with E-state index in [0.717, 1.165) is 30.0 Å². The predicted octanol–water partition coefficient (Wildman–Crippen LogP) is 2.69. The van der Waals surface area contributed by atoms with Crippen molar-refractivity contribution in [2.75, 3.05) is 25.5 Å². The molecule has 0 bridgehead atoms. The normalized spacial score (nSPS) is 20.3. The fraction of sp³-hybridized carbons (Fsp3) is 0.429. The predicted molar refractivity (Wildman–Crippen MR) is 113 cm³/mol. The zero-order valence-corrected chi connectivity index (χ0v) is 18.5. The van der Waals surface area contributed by atoms with Crippen molar-refractivity contribution in [2.24, 2.45) is 0 Å². The Kier molecular flexibility index (Phi) is 6.24. The van der Waals surface area contributed by atoms with Gasteiger partial charge in [0.05, 0.1) is 24.9 Å². The third-order valence-electron chi connectivity index (χ3n) is 5.75. The summed E-state index contributed by atoms with van der Waals surface area (Å²) >= 11 is 0. The van der Waals surface area contributed by atoms with Gasteiger partial charge in [-0.2, -0.15) is 23.5 Å². The molecule has 0 radical (unpaired) electrons. The first-order valence-corrected chi connectivity index (χ1v) is 10.4. The molecule has 0 saturated carbocycles. The lowest BCUT2D eigenvalue weighted by atomic mass is 10.0. The van der Waals surface area contributed by atoms with Crippen LogP contribution in [0.25, 0.3) is 17.0 Å². The van der Waals surface area contributed by atoms with Crippen LogP contribution in [0.15, 0.2) is 18.3 Å². The molecule has 1 aliphatic heterocycles. The number of nitriles is 1. The van der Waals surface area contributed by atoms with Crippen molar-refractivity contribution >= 4 is 11.5 Å². The summed E-state index contributed by atoms with van der Waals surface area (Å²) in [5.74, 6) is -1.47. The summed E-state index contributed by atoms with van der Waals surface area (Å²) in [7, 11) is 1.10. The molecule has 3 aromatic heterocycles. The number of aromatic nitrogens is 4. The molecule has 1 fully saturated rings. The van der Waals surface area contributed by atoms with Crippen LogP contribution >= 0.6 is 0 Å². The van der Waals surface area contributed by atoms with E-state index in [1.165, 1.54) is 0 Å². The molecule has 1 aliphatic rings. The monoisotopic (exact) mass is 497 g/mol. The summed E-state index contributed by atoms with van der Waals surface area (Å²) in [4.78, 5) is 8.15. The van der Waals surface area contributed by atoms with Crippen LogP contribution in [-0.4, -0.2) is 63.3 Å². The number of nitrogens with one attached hydrogen (secondary N) is 2. The zero-order chi connectivity index (χ0) is 25.5. The van der Waals surface area contributed by atoms with Gasteiger partial charge in [-0.3, -0.25) is 0 Å². The number of piperidine rings is 1. The number of methoxy groups -OCH3 is 1. The van der Waals surface area contributed by atoms with Crippen molar-refractivity contribution in [3.05, 3.63) is 35.4 Å². The minimum absolute atomic E-state index is 0.0149. The van der Waals surface area contributed by atoms with Crippen molar-refractivity contribution in [3.63, 3.8) is 0 Å². The van der Waals surface area contributed by atoms with E-state index >= 15 is 0 Å². The lowest BCUT2D eigenvalue weighted by Gasteiger charge is -2.28. The van der Waals surface area contributed by atoms with Gasteiger partial charge in [0.1, 0.15) is 40.9 Å². The van der Waals surface area contributed by atoms with Gasteiger partial charge in [-0.1, -0.05) is 0 Å². The standard InChI is InChI=1S/C21H20F5N7O2/c1-20(34,21(24,25)26)18-15(35-2)6-16-29-9-14(33(16)32-18)17-12(23)5-10(7-27)19(31-17)30-13-8-28-4-3-11(13)22/h5-6,9,11,13,28,34H,3-4,8H2,1-2H3,(H,30,31)/t11-,13-,20?/m0/s1. The van der Waals surface area contributed by atoms with Crippen molar-refractivity contribution < 1.29 is 31.8 Å². The highest BCUT2D eigenvalue weighted by molar-refractivity contribution is 5.66. The highest BCUT2D eigenvalue weighted by atomic mass is 19.4. The van der Waals surface area contributed by atoms with Crippen molar-refractivity contribution in [1.82, 2.24) is 24.9 Å². The summed E-state index contributed by atoms with van der Waals surface area (Å²) < 4.78 is 75.7. The average Bonchev–Trinajstić information content (AvgIpc) is 3.22. The zero-order valence-electron chi connectivity index (χ0n) is 18.5. The molecule has 14 heteroatoms. The maximum Gasteiger partial charge on any atom is 0.422 e. The second kappa shape index (κ2) is 8.90. The molecule has 3 aromatic rings. The maximum absolute atomic E-state index is 15.0. The molecular weight excluding hydrogens is 477 g/mol. The highest BCUT2D eigenvalue weighted by Gasteiger charge is 2.54. The lowest BCUT2D eigenvalue weighted by Crippen LogP contribution is -2.46. The van der Waals surface area contributed by atoms with Crippen molar-refractivity contribution in [2.45, 2.75) is 37.3 Å². The van der Waals surface area contributed by atoms with E-state index in [1.807, 2.05) is 0 Å². The number of hydrogen-bond donors (Lipinski definition) is 3. The molecule has 0 amide bonds. The van der Waals surface area contributed by atoms with E-state index in [2.05, 4.69) is 25.7 Å². The number of aliphatic hydroxyl groups is 1. The molecule has 3 atom stereocenters. The number of hydrogen-bond acceptors (Lipinski definition) is 8. The molecule has 0 aliphatic carbocycles. The maximum atomic E-state index is 15.0. The van der Waals surface area contributed by atoms with Crippen LogP contribution in [0.2, 0.25) is 0 Å². The second-order valence-electron chi connectivity index (χ2n) is 8.13. The summed E-state index contributed by atoms with van der Waals surface area (Å²) in [5, 5.41) is 29.3. The largest absolute Gasteiger partial charge is 0.495 e. The first kappa shape index (κ1) is 24.6. The van der Waals surface area contributed by atoms with Gasteiger partial charge in [-0.25, -0.2) is 23.3 Å². The van der Waals surface area contributed by atoms with E-state index in [1.54, 1.807) is 6.07 Å². The SMILES string of the molecule is COc1cc2ncc(-c3nc(N[C@H]4CNCC[C@@H]4F)c(C#N)cc3F)n2nc1C(C)(O)C(F)(F)F. The Balaban J connectivity index is 1.86. The number of halogens is 5. The molecule has 4 heterocycles. The fourth-order valence-electron chi connectivity index (χ4n) is 3.69. The van der Waals surface area contributed by atoms with Gasteiger partial charge in [0.2, 0.25) is 5.60 Å². The molecule has 3 N–H and O–H groups in total. The quantitative estimate of drug-likeness (QED) is 0.461. The molecule has 186 valence electrons. The van der Waals surface area contributed by atoms with E-state index in [4.69, 9.17) is 4.74 Å². The topological polar surface area (TPSA) is 120 Å². The Morgan fingerprint density at radius 1 is 1.34 bits per heavy atom. The molecule has 1 unspecified atom stereocenters. The number of pyridine rings is 1.